The second kappa shape index (κ2) is 7.29. The normalized spacial score (nSPS) is 11.7. The van der Waals surface area contributed by atoms with Crippen LogP contribution in [0.4, 0.5) is 0 Å². The smallest absolute Gasteiger partial charge is 0.329 e. The lowest BCUT2D eigenvalue weighted by molar-refractivity contribution is -0.148. The molecule has 0 unspecified atom stereocenters. The Hall–Kier alpha value is -1.78. The van der Waals surface area contributed by atoms with Crippen LogP contribution in [0, 0.1) is 5.92 Å². The number of hydrogen-bond donors (Lipinski definition) is 1. The summed E-state index contributed by atoms with van der Waals surface area (Å²) in [5.41, 5.74) is -1.60. The third kappa shape index (κ3) is 3.65. The molecule has 0 saturated carbocycles. The van der Waals surface area contributed by atoms with Crippen LogP contribution in [0.5, 0.6) is 5.75 Å². The highest BCUT2D eigenvalue weighted by Gasteiger charge is 2.38. The van der Waals surface area contributed by atoms with E-state index in [9.17, 15) is 14.7 Å². The maximum Gasteiger partial charge on any atom is 0.329 e. The van der Waals surface area contributed by atoms with E-state index in [1.165, 1.54) is 10.8 Å². The molecule has 5 nitrogen and oxygen atoms in total. The SMILES string of the molecule is CCC(CC)(C(=O)O)n1cccc(OCCC(C)C)c1=O. The molecule has 0 atom stereocenters. The van der Waals surface area contributed by atoms with Crippen molar-refractivity contribution >= 4 is 5.97 Å². The number of carbonyl (C=O) groups is 1. The lowest BCUT2D eigenvalue weighted by Crippen LogP contribution is -2.46. The second-order valence-electron chi connectivity index (χ2n) is 5.62. The van der Waals surface area contributed by atoms with Crippen molar-refractivity contribution in [1.29, 1.82) is 0 Å². The van der Waals surface area contributed by atoms with Gasteiger partial charge in [-0.2, -0.15) is 0 Å². The number of ether oxygens (including phenoxy) is 1. The van der Waals surface area contributed by atoms with Crippen LogP contribution in [0.3, 0.4) is 0 Å². The molecule has 1 aromatic rings. The number of pyridine rings is 1. The summed E-state index contributed by atoms with van der Waals surface area (Å²) in [5, 5.41) is 9.54. The Morgan fingerprint density at radius 3 is 2.48 bits per heavy atom. The summed E-state index contributed by atoms with van der Waals surface area (Å²) < 4.78 is 6.82. The molecular formula is C16H25NO4. The predicted octanol–water partition coefficient (Wildman–Crippen LogP) is 2.87. The Morgan fingerprint density at radius 1 is 1.38 bits per heavy atom. The Labute approximate surface area is 125 Å². The Bertz CT molecular complexity index is 529. The zero-order chi connectivity index (χ0) is 16.0. The van der Waals surface area contributed by atoms with Gasteiger partial charge in [-0.05, 0) is 37.3 Å². The summed E-state index contributed by atoms with van der Waals surface area (Å²) in [4.78, 5) is 24.1. The van der Waals surface area contributed by atoms with Gasteiger partial charge in [0.1, 0.15) is 5.54 Å². The van der Waals surface area contributed by atoms with E-state index < -0.39 is 11.5 Å². The highest BCUT2D eigenvalue weighted by atomic mass is 16.5. The molecule has 0 aliphatic carbocycles. The molecule has 1 heterocycles. The fourth-order valence-electron chi connectivity index (χ4n) is 2.32. The average Bonchev–Trinajstić information content (AvgIpc) is 2.43. The van der Waals surface area contributed by atoms with Gasteiger partial charge in [-0.15, -0.1) is 0 Å². The van der Waals surface area contributed by atoms with Crippen molar-refractivity contribution in [3.05, 3.63) is 28.7 Å². The summed E-state index contributed by atoms with van der Waals surface area (Å²) in [6, 6.07) is 3.26. The van der Waals surface area contributed by atoms with E-state index in [1.54, 1.807) is 26.0 Å². The summed E-state index contributed by atoms with van der Waals surface area (Å²) in [7, 11) is 0. The fraction of sp³-hybridized carbons (Fsp3) is 0.625. The van der Waals surface area contributed by atoms with Crippen molar-refractivity contribution in [3.63, 3.8) is 0 Å². The molecule has 0 radical (unpaired) electrons. The van der Waals surface area contributed by atoms with Gasteiger partial charge in [-0.1, -0.05) is 27.7 Å². The molecule has 0 aliphatic heterocycles. The van der Waals surface area contributed by atoms with Crippen LogP contribution in [0.15, 0.2) is 23.1 Å². The highest BCUT2D eigenvalue weighted by Crippen LogP contribution is 2.24. The van der Waals surface area contributed by atoms with Crippen LogP contribution in [0.25, 0.3) is 0 Å². The van der Waals surface area contributed by atoms with Crippen LogP contribution >= 0.6 is 0 Å². The number of aromatic nitrogens is 1. The Balaban J connectivity index is 3.15. The fourth-order valence-corrected chi connectivity index (χ4v) is 2.32. The molecule has 0 bridgehead atoms. The molecule has 5 heteroatoms. The van der Waals surface area contributed by atoms with E-state index in [4.69, 9.17) is 4.74 Å². The van der Waals surface area contributed by atoms with Crippen molar-refractivity contribution in [3.8, 4) is 5.75 Å². The van der Waals surface area contributed by atoms with E-state index in [0.29, 0.717) is 25.4 Å². The lowest BCUT2D eigenvalue weighted by Gasteiger charge is -2.29. The predicted molar refractivity (Wildman–Crippen MR) is 81.8 cm³/mol. The maximum absolute atomic E-state index is 12.5. The van der Waals surface area contributed by atoms with Gasteiger partial charge in [0.2, 0.25) is 0 Å². The zero-order valence-electron chi connectivity index (χ0n) is 13.3. The molecule has 0 aromatic carbocycles. The Morgan fingerprint density at radius 2 is 2.00 bits per heavy atom. The van der Waals surface area contributed by atoms with Gasteiger partial charge in [0.05, 0.1) is 6.61 Å². The first-order valence-corrected chi connectivity index (χ1v) is 7.47. The van der Waals surface area contributed by atoms with E-state index in [2.05, 4.69) is 13.8 Å². The first-order chi connectivity index (χ1) is 9.89. The molecule has 0 amide bonds. The highest BCUT2D eigenvalue weighted by molar-refractivity contribution is 5.76. The Kier molecular flexibility index (Phi) is 6.00. The molecule has 118 valence electrons. The molecule has 0 saturated heterocycles. The minimum absolute atomic E-state index is 0.214. The minimum Gasteiger partial charge on any atom is -0.488 e. The van der Waals surface area contributed by atoms with Gasteiger partial charge in [0, 0.05) is 6.20 Å². The zero-order valence-corrected chi connectivity index (χ0v) is 13.3. The average molecular weight is 295 g/mol. The van der Waals surface area contributed by atoms with Gasteiger partial charge in [0.25, 0.3) is 5.56 Å². The largest absolute Gasteiger partial charge is 0.488 e. The number of rotatable bonds is 8. The van der Waals surface area contributed by atoms with Gasteiger partial charge >= 0.3 is 5.97 Å². The van der Waals surface area contributed by atoms with E-state index >= 15 is 0 Å². The van der Waals surface area contributed by atoms with Crippen molar-refractivity contribution in [2.24, 2.45) is 5.92 Å². The van der Waals surface area contributed by atoms with Gasteiger partial charge < -0.3 is 9.84 Å². The number of aliphatic carboxylic acids is 1. The lowest BCUT2D eigenvalue weighted by atomic mass is 9.92. The number of hydrogen-bond acceptors (Lipinski definition) is 3. The van der Waals surface area contributed by atoms with Crippen molar-refractivity contribution < 1.29 is 14.6 Å². The van der Waals surface area contributed by atoms with Gasteiger partial charge in [-0.25, -0.2) is 4.79 Å². The van der Waals surface area contributed by atoms with Crippen LogP contribution in [0.1, 0.15) is 47.0 Å². The molecular weight excluding hydrogens is 270 g/mol. The van der Waals surface area contributed by atoms with Crippen molar-refractivity contribution in [1.82, 2.24) is 4.57 Å². The van der Waals surface area contributed by atoms with Crippen molar-refractivity contribution in [2.45, 2.75) is 52.5 Å². The molecule has 1 aromatic heterocycles. The van der Waals surface area contributed by atoms with Crippen LogP contribution in [0.2, 0.25) is 0 Å². The number of nitrogens with zero attached hydrogens (tertiary/aromatic N) is 1. The first-order valence-electron chi connectivity index (χ1n) is 7.47. The third-order valence-electron chi connectivity index (χ3n) is 3.89. The van der Waals surface area contributed by atoms with E-state index in [1.807, 2.05) is 0 Å². The monoisotopic (exact) mass is 295 g/mol. The molecule has 1 N–H and O–H groups in total. The van der Waals surface area contributed by atoms with Crippen LogP contribution in [-0.4, -0.2) is 22.2 Å². The quantitative estimate of drug-likeness (QED) is 0.800. The topological polar surface area (TPSA) is 68.5 Å². The van der Waals surface area contributed by atoms with Crippen molar-refractivity contribution in [2.75, 3.05) is 6.61 Å². The number of carboxylic acid groups (broad SMARTS) is 1. The van der Waals surface area contributed by atoms with Crippen LogP contribution < -0.4 is 10.3 Å². The van der Waals surface area contributed by atoms with E-state index in [0.717, 1.165) is 6.42 Å². The minimum atomic E-state index is -1.21. The van der Waals surface area contributed by atoms with Crippen LogP contribution in [-0.2, 0) is 10.3 Å². The summed E-state index contributed by atoms with van der Waals surface area (Å²) in [6.45, 7) is 8.16. The molecule has 0 aliphatic rings. The molecule has 1 rings (SSSR count). The third-order valence-corrected chi connectivity index (χ3v) is 3.89. The molecule has 21 heavy (non-hydrogen) atoms. The standard InChI is InChI=1S/C16H25NO4/c1-5-16(6-2,15(19)20)17-10-7-8-13(14(17)18)21-11-9-12(3)4/h7-8,10,12H,5-6,9,11H2,1-4H3,(H,19,20). The van der Waals surface area contributed by atoms with E-state index in [-0.39, 0.29) is 11.3 Å². The molecule has 0 spiro atoms. The van der Waals surface area contributed by atoms with Gasteiger partial charge in [0.15, 0.2) is 5.75 Å². The first kappa shape index (κ1) is 17.3. The second-order valence-corrected chi connectivity index (χ2v) is 5.62. The molecule has 0 fully saturated rings. The van der Waals surface area contributed by atoms with Gasteiger partial charge in [-0.3, -0.25) is 9.36 Å². The maximum atomic E-state index is 12.5. The summed E-state index contributed by atoms with van der Waals surface area (Å²) in [5.74, 6) is -0.292. The summed E-state index contributed by atoms with van der Waals surface area (Å²) >= 11 is 0. The number of carboxylic acids is 1. The summed E-state index contributed by atoms with van der Waals surface area (Å²) in [6.07, 6.45) is 3.06.